The number of likely N-dealkylation sites (N-methyl/N-ethyl adjacent to an activating group) is 1. The molecule has 0 radical (unpaired) electrons. The van der Waals surface area contributed by atoms with E-state index in [9.17, 15) is 4.79 Å². The van der Waals surface area contributed by atoms with E-state index in [1.165, 1.54) is 0 Å². The Kier molecular flexibility index (Phi) is 3.94. The fourth-order valence-electron chi connectivity index (χ4n) is 1.68. The predicted octanol–water partition coefficient (Wildman–Crippen LogP) is 2.49. The number of carbonyl (C=O) groups excluding carboxylic acids is 1. The van der Waals surface area contributed by atoms with Crippen LogP contribution in [0, 0.1) is 13.8 Å². The summed E-state index contributed by atoms with van der Waals surface area (Å²) >= 11 is 0. The molecule has 0 fully saturated rings. The van der Waals surface area contributed by atoms with E-state index < -0.39 is 5.54 Å². The van der Waals surface area contributed by atoms with Crippen molar-refractivity contribution in [2.45, 2.75) is 33.2 Å². The molecule has 0 aliphatic rings. The van der Waals surface area contributed by atoms with Crippen molar-refractivity contribution < 1.29 is 9.53 Å². The molecule has 0 saturated heterocycles. The van der Waals surface area contributed by atoms with Crippen LogP contribution in [0.15, 0.2) is 12.1 Å². The van der Waals surface area contributed by atoms with Crippen LogP contribution >= 0.6 is 0 Å². The van der Waals surface area contributed by atoms with E-state index in [1.54, 1.807) is 14.2 Å². The van der Waals surface area contributed by atoms with Gasteiger partial charge in [-0.05, 0) is 51.9 Å². The van der Waals surface area contributed by atoms with Crippen molar-refractivity contribution >= 4 is 5.78 Å². The van der Waals surface area contributed by atoms with Gasteiger partial charge in [-0.3, -0.25) is 4.79 Å². The summed E-state index contributed by atoms with van der Waals surface area (Å²) in [7, 11) is 3.39. The number of aryl methyl sites for hydroxylation is 1. The Hall–Kier alpha value is -1.35. The van der Waals surface area contributed by atoms with Crippen LogP contribution in [0.4, 0.5) is 0 Å². The van der Waals surface area contributed by atoms with Crippen LogP contribution < -0.4 is 10.1 Å². The lowest BCUT2D eigenvalue weighted by atomic mass is 9.90. The van der Waals surface area contributed by atoms with Gasteiger partial charge in [0.15, 0.2) is 5.78 Å². The van der Waals surface area contributed by atoms with Crippen LogP contribution in [0.1, 0.15) is 35.3 Å². The highest BCUT2D eigenvalue weighted by atomic mass is 16.5. The molecule has 0 saturated carbocycles. The lowest BCUT2D eigenvalue weighted by Gasteiger charge is -2.24. The molecule has 1 aromatic rings. The maximum Gasteiger partial charge on any atom is 0.185 e. The smallest absolute Gasteiger partial charge is 0.185 e. The highest BCUT2D eigenvalue weighted by molar-refractivity contribution is 6.05. The number of nitrogens with one attached hydrogen (secondary N) is 1. The summed E-state index contributed by atoms with van der Waals surface area (Å²) in [6.45, 7) is 7.71. The Morgan fingerprint density at radius 3 is 2.35 bits per heavy atom. The largest absolute Gasteiger partial charge is 0.496 e. The third-order valence-corrected chi connectivity index (χ3v) is 3.32. The molecule has 17 heavy (non-hydrogen) atoms. The first-order valence-corrected chi connectivity index (χ1v) is 5.73. The minimum absolute atomic E-state index is 0.0416. The predicted molar refractivity (Wildman–Crippen MR) is 69.9 cm³/mol. The van der Waals surface area contributed by atoms with Crippen LogP contribution in [0.5, 0.6) is 5.75 Å². The van der Waals surface area contributed by atoms with Gasteiger partial charge in [0.25, 0.3) is 0 Å². The summed E-state index contributed by atoms with van der Waals surface area (Å²) < 4.78 is 5.37. The van der Waals surface area contributed by atoms with Gasteiger partial charge in [-0.15, -0.1) is 0 Å². The van der Waals surface area contributed by atoms with Crippen molar-refractivity contribution in [2.75, 3.05) is 14.2 Å². The van der Waals surface area contributed by atoms with Crippen molar-refractivity contribution in [2.24, 2.45) is 0 Å². The first-order chi connectivity index (χ1) is 7.85. The zero-order valence-corrected chi connectivity index (χ0v) is 11.5. The third kappa shape index (κ3) is 2.50. The molecule has 1 aromatic carbocycles. The molecule has 0 atom stereocenters. The SMILES string of the molecule is CNC(C)(C)C(=O)c1ccc(C)c(C)c1OC. The molecule has 1 rings (SSSR count). The maximum absolute atomic E-state index is 12.4. The average Bonchev–Trinajstić information content (AvgIpc) is 2.31. The van der Waals surface area contributed by atoms with Crippen LogP contribution in [-0.4, -0.2) is 25.5 Å². The summed E-state index contributed by atoms with van der Waals surface area (Å²) in [4.78, 5) is 12.4. The Morgan fingerprint density at radius 1 is 1.29 bits per heavy atom. The molecule has 0 heterocycles. The monoisotopic (exact) mass is 235 g/mol. The quantitative estimate of drug-likeness (QED) is 0.815. The highest BCUT2D eigenvalue weighted by Gasteiger charge is 2.29. The number of ketones is 1. The van der Waals surface area contributed by atoms with E-state index in [-0.39, 0.29) is 5.78 Å². The Labute approximate surface area is 103 Å². The van der Waals surface area contributed by atoms with E-state index >= 15 is 0 Å². The van der Waals surface area contributed by atoms with Crippen LogP contribution in [0.25, 0.3) is 0 Å². The molecule has 94 valence electrons. The molecular formula is C14H21NO2. The normalized spacial score (nSPS) is 11.4. The summed E-state index contributed by atoms with van der Waals surface area (Å²) in [5.74, 6) is 0.721. The molecule has 0 aromatic heterocycles. The molecule has 3 nitrogen and oxygen atoms in total. The second-order valence-corrected chi connectivity index (χ2v) is 4.79. The second kappa shape index (κ2) is 4.88. The summed E-state index contributed by atoms with van der Waals surface area (Å²) in [5, 5.41) is 3.02. The fraction of sp³-hybridized carbons (Fsp3) is 0.500. The van der Waals surface area contributed by atoms with Crippen LogP contribution in [-0.2, 0) is 0 Å². The molecule has 3 heteroatoms. The van der Waals surface area contributed by atoms with Gasteiger partial charge in [0.1, 0.15) is 5.75 Å². The van der Waals surface area contributed by atoms with Crippen molar-refractivity contribution in [3.05, 3.63) is 28.8 Å². The molecular weight excluding hydrogens is 214 g/mol. The lowest BCUT2D eigenvalue weighted by molar-refractivity contribution is 0.0886. The number of ether oxygens (including phenoxy) is 1. The Morgan fingerprint density at radius 2 is 1.88 bits per heavy atom. The Bertz CT molecular complexity index is 436. The molecule has 0 amide bonds. The lowest BCUT2D eigenvalue weighted by Crippen LogP contribution is -2.44. The van der Waals surface area contributed by atoms with Gasteiger partial charge in [-0.1, -0.05) is 6.07 Å². The zero-order chi connectivity index (χ0) is 13.2. The molecule has 1 N–H and O–H groups in total. The molecule has 0 bridgehead atoms. The zero-order valence-electron chi connectivity index (χ0n) is 11.5. The third-order valence-electron chi connectivity index (χ3n) is 3.32. The van der Waals surface area contributed by atoms with E-state index in [1.807, 2.05) is 39.8 Å². The average molecular weight is 235 g/mol. The van der Waals surface area contributed by atoms with E-state index in [0.29, 0.717) is 11.3 Å². The molecule has 0 aliphatic heterocycles. The van der Waals surface area contributed by atoms with Crippen molar-refractivity contribution in [1.82, 2.24) is 5.32 Å². The molecule has 0 spiro atoms. The van der Waals surface area contributed by atoms with Crippen molar-refractivity contribution in [3.63, 3.8) is 0 Å². The van der Waals surface area contributed by atoms with Crippen LogP contribution in [0.3, 0.4) is 0 Å². The second-order valence-electron chi connectivity index (χ2n) is 4.79. The molecule has 0 unspecified atom stereocenters. The summed E-state index contributed by atoms with van der Waals surface area (Å²) in [5.41, 5.74) is 2.19. The maximum atomic E-state index is 12.4. The van der Waals surface area contributed by atoms with Crippen molar-refractivity contribution in [3.8, 4) is 5.75 Å². The number of methoxy groups -OCH3 is 1. The number of Topliss-reactive ketones (excluding diaryl/α,β-unsaturated/α-hetero) is 1. The van der Waals surface area contributed by atoms with Gasteiger partial charge < -0.3 is 10.1 Å². The number of carbonyl (C=O) groups is 1. The standard InChI is InChI=1S/C14H21NO2/c1-9-7-8-11(12(17-6)10(9)2)13(16)14(3,4)15-5/h7-8,15H,1-6H3. The van der Waals surface area contributed by atoms with Gasteiger partial charge in [0.05, 0.1) is 18.2 Å². The van der Waals surface area contributed by atoms with E-state index in [2.05, 4.69) is 5.32 Å². The van der Waals surface area contributed by atoms with E-state index in [0.717, 1.165) is 11.1 Å². The summed E-state index contributed by atoms with van der Waals surface area (Å²) in [6, 6.07) is 3.79. The number of benzene rings is 1. The van der Waals surface area contributed by atoms with Crippen LogP contribution in [0.2, 0.25) is 0 Å². The van der Waals surface area contributed by atoms with Gasteiger partial charge in [-0.2, -0.15) is 0 Å². The summed E-state index contributed by atoms with van der Waals surface area (Å²) in [6.07, 6.45) is 0. The van der Waals surface area contributed by atoms with Crippen molar-refractivity contribution in [1.29, 1.82) is 0 Å². The van der Waals surface area contributed by atoms with Gasteiger partial charge in [-0.25, -0.2) is 0 Å². The van der Waals surface area contributed by atoms with E-state index in [4.69, 9.17) is 4.74 Å². The first-order valence-electron chi connectivity index (χ1n) is 5.73. The highest BCUT2D eigenvalue weighted by Crippen LogP contribution is 2.28. The first kappa shape index (κ1) is 13.7. The molecule has 0 aliphatic carbocycles. The Balaban J connectivity index is 3.33. The minimum atomic E-state index is -0.588. The van der Waals surface area contributed by atoms with Gasteiger partial charge >= 0.3 is 0 Å². The number of rotatable bonds is 4. The number of hydrogen-bond acceptors (Lipinski definition) is 3. The minimum Gasteiger partial charge on any atom is -0.496 e. The fourth-order valence-corrected chi connectivity index (χ4v) is 1.68. The number of hydrogen-bond donors (Lipinski definition) is 1. The van der Waals surface area contributed by atoms with Gasteiger partial charge in [0.2, 0.25) is 0 Å². The van der Waals surface area contributed by atoms with Gasteiger partial charge in [0, 0.05) is 0 Å². The topological polar surface area (TPSA) is 38.3 Å².